The van der Waals surface area contributed by atoms with Crippen LogP contribution in [0.15, 0.2) is 24.3 Å². The van der Waals surface area contributed by atoms with Gasteiger partial charge in [0, 0.05) is 5.92 Å². The maximum absolute atomic E-state index is 10.7. The molecule has 1 aliphatic carbocycles. The van der Waals surface area contributed by atoms with Gasteiger partial charge in [0.2, 0.25) is 0 Å². The first kappa shape index (κ1) is 24.7. The highest BCUT2D eigenvalue weighted by Crippen LogP contribution is 2.43. The van der Waals surface area contributed by atoms with Crippen molar-refractivity contribution >= 4 is 16.0 Å². The van der Waals surface area contributed by atoms with Gasteiger partial charge in [-0.25, -0.2) is 8.42 Å². The Hall–Kier alpha value is -1.61. The second-order valence-electron chi connectivity index (χ2n) is 8.28. The van der Waals surface area contributed by atoms with Gasteiger partial charge in [0.05, 0.1) is 0 Å². The van der Waals surface area contributed by atoms with Crippen LogP contribution in [-0.2, 0) is 26.7 Å². The van der Waals surface area contributed by atoms with Crippen molar-refractivity contribution in [1.29, 1.82) is 0 Å². The van der Waals surface area contributed by atoms with Crippen molar-refractivity contribution in [2.45, 2.75) is 69.8 Å². The number of hydrogen-bond acceptors (Lipinski definition) is 4. The number of benzene rings is 1. The number of halogens is 3. The van der Waals surface area contributed by atoms with Crippen LogP contribution in [0.2, 0.25) is 0 Å². The highest BCUT2D eigenvalue weighted by molar-refractivity contribution is 7.86. The van der Waals surface area contributed by atoms with E-state index in [1.165, 1.54) is 49.1 Å². The molecule has 1 aromatic rings. The molecule has 0 aromatic heterocycles. The lowest BCUT2D eigenvalue weighted by molar-refractivity contribution is -0.537. The molecule has 0 N–H and O–H groups in total. The van der Waals surface area contributed by atoms with Gasteiger partial charge in [-0.1, -0.05) is 51.5 Å². The summed E-state index contributed by atoms with van der Waals surface area (Å²) >= 11 is 0. The first-order chi connectivity index (χ1) is 13.8. The summed E-state index contributed by atoms with van der Waals surface area (Å²) in [5.41, 5.74) is -2.50. The molecule has 0 saturated carbocycles. The van der Waals surface area contributed by atoms with Gasteiger partial charge in [0.25, 0.3) is 0 Å². The molecule has 1 aromatic carbocycles. The Morgan fingerprint density at radius 1 is 1.30 bits per heavy atom. The van der Waals surface area contributed by atoms with Crippen LogP contribution in [0.5, 0.6) is 0 Å². The smallest absolute Gasteiger partial charge is 0.485 e. The van der Waals surface area contributed by atoms with E-state index in [-0.39, 0.29) is 5.41 Å². The van der Waals surface area contributed by atoms with Crippen molar-refractivity contribution in [3.8, 4) is 0 Å². The van der Waals surface area contributed by atoms with Gasteiger partial charge in [0.15, 0.2) is 22.8 Å². The zero-order valence-electron chi connectivity index (χ0n) is 17.8. The molecule has 2 aliphatic rings. The fourth-order valence-corrected chi connectivity index (χ4v) is 4.58. The normalized spacial score (nSPS) is 24.2. The van der Waals surface area contributed by atoms with Gasteiger partial charge in [-0.2, -0.15) is 17.7 Å². The van der Waals surface area contributed by atoms with E-state index in [0.29, 0.717) is 12.0 Å². The van der Waals surface area contributed by atoms with E-state index < -0.39 is 15.6 Å². The molecule has 170 valence electrons. The number of hydrogen-bond donors (Lipinski definition) is 0. The van der Waals surface area contributed by atoms with Gasteiger partial charge in [0.1, 0.15) is 12.5 Å². The summed E-state index contributed by atoms with van der Waals surface area (Å²) in [6, 6.07) is 9.55. The minimum absolute atomic E-state index is 0.0992. The molecule has 5 nitrogen and oxygen atoms in total. The Labute approximate surface area is 176 Å². The highest BCUT2D eigenvalue weighted by Gasteiger charge is 2.51. The standard InChI is InChI=1S/C20H30NO.CHF3O3S/c1-5-12-20(19-21(4)18(14-22-19)15(2)3)13-8-10-16-9-6-7-11-17(16)20;2-1(3,4)8(5,6)7/h6-7,9,11,15,18H,5,8,10,12-14H2,1-4H3;(H,5,6,7)/q+1;/p-1/t18-,20+;/m1./s1. The molecule has 0 spiro atoms. The molecule has 0 unspecified atom stereocenters. The summed E-state index contributed by atoms with van der Waals surface area (Å²) in [7, 11) is -3.85. The van der Waals surface area contributed by atoms with Gasteiger partial charge >= 0.3 is 11.4 Å². The molecule has 0 fully saturated rings. The summed E-state index contributed by atoms with van der Waals surface area (Å²) in [6.45, 7) is 7.75. The van der Waals surface area contributed by atoms with Gasteiger partial charge in [-0.05, 0) is 36.8 Å². The summed E-state index contributed by atoms with van der Waals surface area (Å²) in [5.74, 6) is 1.86. The van der Waals surface area contributed by atoms with Crippen LogP contribution >= 0.6 is 0 Å². The fraction of sp³-hybridized carbons (Fsp3) is 0.667. The van der Waals surface area contributed by atoms with Crippen molar-refractivity contribution in [1.82, 2.24) is 0 Å². The Bertz CT molecular complexity index is 880. The molecule has 1 aliphatic heterocycles. The molecular weight excluding hydrogens is 419 g/mol. The summed E-state index contributed by atoms with van der Waals surface area (Å²) in [5, 5.41) is 0. The molecule has 3 rings (SSSR count). The zero-order valence-corrected chi connectivity index (χ0v) is 18.6. The highest BCUT2D eigenvalue weighted by atomic mass is 32.2. The van der Waals surface area contributed by atoms with Crippen LogP contribution < -0.4 is 0 Å². The molecule has 0 bridgehead atoms. The lowest BCUT2D eigenvalue weighted by Crippen LogP contribution is -2.43. The number of alkyl halides is 3. The maximum atomic E-state index is 10.7. The minimum atomic E-state index is -6.09. The maximum Gasteiger partial charge on any atom is 0.485 e. The molecule has 0 amide bonds. The lowest BCUT2D eigenvalue weighted by Gasteiger charge is -2.36. The van der Waals surface area contributed by atoms with Gasteiger partial charge in [-0.15, -0.1) is 0 Å². The topological polar surface area (TPSA) is 69.4 Å². The monoisotopic (exact) mass is 449 g/mol. The van der Waals surface area contributed by atoms with Crippen LogP contribution in [0.25, 0.3) is 0 Å². The van der Waals surface area contributed by atoms with Crippen molar-refractivity contribution in [2.75, 3.05) is 13.7 Å². The Balaban J connectivity index is 0.000000343. The van der Waals surface area contributed by atoms with Crippen LogP contribution in [0.3, 0.4) is 0 Å². The van der Waals surface area contributed by atoms with E-state index >= 15 is 0 Å². The molecule has 2 atom stereocenters. The largest absolute Gasteiger partial charge is 0.741 e. The van der Waals surface area contributed by atoms with Crippen LogP contribution in [0.4, 0.5) is 13.2 Å². The van der Waals surface area contributed by atoms with E-state index in [0.717, 1.165) is 6.61 Å². The van der Waals surface area contributed by atoms with Crippen LogP contribution in [0.1, 0.15) is 57.6 Å². The molecule has 9 heteroatoms. The average Bonchev–Trinajstić information content (AvgIpc) is 3.03. The quantitative estimate of drug-likeness (QED) is 0.392. The predicted octanol–water partition coefficient (Wildman–Crippen LogP) is 4.21. The first-order valence-corrected chi connectivity index (χ1v) is 11.6. The Morgan fingerprint density at radius 3 is 2.40 bits per heavy atom. The number of likely N-dealkylation sites (N-methyl/N-ethyl adjacent to an activating group) is 1. The summed E-state index contributed by atoms with van der Waals surface area (Å²) in [6.07, 6.45) is 6.09. The second kappa shape index (κ2) is 9.26. The zero-order chi connectivity index (χ0) is 22.7. The van der Waals surface area contributed by atoms with Crippen LogP contribution in [0, 0.1) is 5.92 Å². The molecule has 1 heterocycles. The second-order valence-corrected chi connectivity index (χ2v) is 9.65. The lowest BCUT2D eigenvalue weighted by atomic mass is 9.67. The minimum Gasteiger partial charge on any atom is -0.741 e. The third-order valence-electron chi connectivity index (χ3n) is 5.93. The molecule has 30 heavy (non-hydrogen) atoms. The van der Waals surface area contributed by atoms with E-state index in [1.807, 2.05) is 0 Å². The van der Waals surface area contributed by atoms with E-state index in [9.17, 15) is 13.2 Å². The third-order valence-corrected chi connectivity index (χ3v) is 6.50. The van der Waals surface area contributed by atoms with Gasteiger partial charge < -0.3 is 9.29 Å². The third kappa shape index (κ3) is 4.99. The van der Waals surface area contributed by atoms with E-state index in [1.54, 1.807) is 0 Å². The fourth-order valence-electron chi connectivity index (χ4n) is 4.58. The predicted molar refractivity (Wildman–Crippen MR) is 107 cm³/mol. The molecule has 0 radical (unpaired) electrons. The van der Waals surface area contributed by atoms with Crippen molar-refractivity contribution in [3.63, 3.8) is 0 Å². The number of fused-ring (bicyclic) bond motifs is 1. The average molecular weight is 450 g/mol. The van der Waals surface area contributed by atoms with E-state index in [2.05, 4.69) is 56.7 Å². The van der Waals surface area contributed by atoms with Crippen LogP contribution in [-0.4, -0.2) is 48.6 Å². The number of nitrogens with zero attached hydrogens (tertiary/aromatic N) is 1. The van der Waals surface area contributed by atoms with E-state index in [4.69, 9.17) is 17.7 Å². The van der Waals surface area contributed by atoms with Crippen molar-refractivity contribution < 1.29 is 35.5 Å². The summed E-state index contributed by atoms with van der Waals surface area (Å²) in [4.78, 5) is 0. The molecular formula is C21H30F3NO4S. The van der Waals surface area contributed by atoms with Gasteiger partial charge in [-0.3, -0.25) is 0 Å². The number of aryl methyl sites for hydroxylation is 1. The Kier molecular flexibility index (Phi) is 7.61. The first-order valence-electron chi connectivity index (χ1n) is 10.2. The number of ether oxygens (including phenoxy) is 1. The SMILES string of the molecule is CCC[C@]1(C2=[N+](C)[C@@H](C(C)C)CO2)CCCc2ccccc21.O=S(=O)([O-])C(F)(F)F. The van der Waals surface area contributed by atoms with Crippen molar-refractivity contribution in [2.24, 2.45) is 5.92 Å². The number of rotatable bonds is 4. The van der Waals surface area contributed by atoms with Crippen molar-refractivity contribution in [3.05, 3.63) is 35.4 Å². The molecule has 0 saturated heterocycles. The Morgan fingerprint density at radius 2 is 1.90 bits per heavy atom. The summed E-state index contributed by atoms with van der Waals surface area (Å²) < 4.78 is 67.7.